The summed E-state index contributed by atoms with van der Waals surface area (Å²) in [5.74, 6) is -0.985. The van der Waals surface area contributed by atoms with E-state index >= 15 is 0 Å². The minimum Gasteiger partial charge on any atom is -0.487 e. The molecule has 1 atom stereocenters. The molecule has 2 aliphatic rings. The molecule has 1 fully saturated rings. The zero-order chi connectivity index (χ0) is 22.2. The van der Waals surface area contributed by atoms with Gasteiger partial charge >= 0.3 is 0 Å². The number of nitrogens with one attached hydrogen (secondary N) is 1. The number of carbonyl (C=O) groups excluding carboxylic acids is 3. The number of fused-ring (bicyclic) bond motifs is 1. The number of halogens is 1. The van der Waals surface area contributed by atoms with Crippen LogP contribution < -0.4 is 10.1 Å². The van der Waals surface area contributed by atoms with Crippen molar-refractivity contribution < 1.29 is 23.5 Å². The first-order valence-electron chi connectivity index (χ1n) is 10.1. The standard InChI is InChI=1S/C22H18FN5O4/c23-14-2-1-3-17(9-14)32-12-15-11-28(26-25-15)16-4-5-18-13(8-16)10-27(22(18)31)19-6-7-20(29)24-21(19)30/h1-5,8-9,11,19H,6-7,10,12H2,(H,24,29,30). The minimum atomic E-state index is -0.658. The van der Waals surface area contributed by atoms with Gasteiger partial charge in [0.05, 0.1) is 11.9 Å². The third-order valence-electron chi connectivity index (χ3n) is 5.50. The molecule has 1 saturated heterocycles. The molecule has 1 aromatic heterocycles. The summed E-state index contributed by atoms with van der Waals surface area (Å²) in [7, 11) is 0. The molecule has 2 aromatic carbocycles. The Hall–Kier alpha value is -4.08. The number of benzene rings is 2. The van der Waals surface area contributed by atoms with Gasteiger partial charge in [0.15, 0.2) is 0 Å². The third-order valence-corrected chi connectivity index (χ3v) is 5.50. The molecule has 0 spiro atoms. The first kappa shape index (κ1) is 19.9. The van der Waals surface area contributed by atoms with Gasteiger partial charge in [0, 0.05) is 24.6 Å². The van der Waals surface area contributed by atoms with Crippen molar-refractivity contribution in [2.24, 2.45) is 0 Å². The van der Waals surface area contributed by atoms with E-state index in [-0.39, 0.29) is 37.2 Å². The molecule has 3 amide bonds. The van der Waals surface area contributed by atoms with Crippen molar-refractivity contribution in [3.8, 4) is 11.4 Å². The van der Waals surface area contributed by atoms with E-state index in [0.717, 1.165) is 5.56 Å². The number of amides is 3. The molecular formula is C22H18FN5O4. The summed E-state index contributed by atoms with van der Waals surface area (Å²) in [5.41, 5.74) is 2.54. The van der Waals surface area contributed by atoms with Crippen LogP contribution in [0.15, 0.2) is 48.7 Å². The van der Waals surface area contributed by atoms with Crippen molar-refractivity contribution in [1.82, 2.24) is 25.2 Å². The lowest BCUT2D eigenvalue weighted by Gasteiger charge is -2.29. The van der Waals surface area contributed by atoms with E-state index in [1.807, 2.05) is 6.07 Å². The second-order valence-electron chi connectivity index (χ2n) is 7.64. The Kier molecular flexibility index (Phi) is 4.89. The third kappa shape index (κ3) is 3.70. The Morgan fingerprint density at radius 3 is 2.84 bits per heavy atom. The topological polar surface area (TPSA) is 106 Å². The lowest BCUT2D eigenvalue weighted by molar-refractivity contribution is -0.136. The second-order valence-corrected chi connectivity index (χ2v) is 7.64. The van der Waals surface area contributed by atoms with Gasteiger partial charge in [-0.05, 0) is 42.3 Å². The van der Waals surface area contributed by atoms with Crippen LogP contribution in [-0.2, 0) is 22.7 Å². The molecule has 0 bridgehead atoms. The monoisotopic (exact) mass is 435 g/mol. The second kappa shape index (κ2) is 7.88. The van der Waals surface area contributed by atoms with Crippen LogP contribution in [0.2, 0.25) is 0 Å². The fourth-order valence-electron chi connectivity index (χ4n) is 3.91. The van der Waals surface area contributed by atoms with Crippen molar-refractivity contribution in [2.45, 2.75) is 32.0 Å². The van der Waals surface area contributed by atoms with Gasteiger partial charge in [-0.1, -0.05) is 11.3 Å². The molecule has 3 aromatic rings. The zero-order valence-corrected chi connectivity index (χ0v) is 16.8. The number of ether oxygens (including phenoxy) is 1. The molecule has 32 heavy (non-hydrogen) atoms. The van der Waals surface area contributed by atoms with Crippen LogP contribution in [0, 0.1) is 5.82 Å². The lowest BCUT2D eigenvalue weighted by Crippen LogP contribution is -2.52. The van der Waals surface area contributed by atoms with Crippen molar-refractivity contribution in [3.63, 3.8) is 0 Å². The maximum absolute atomic E-state index is 13.3. The van der Waals surface area contributed by atoms with Crippen LogP contribution in [0.1, 0.15) is 34.5 Å². The molecule has 3 heterocycles. The minimum absolute atomic E-state index is 0.121. The number of imide groups is 1. The number of piperidine rings is 1. The largest absolute Gasteiger partial charge is 0.487 e. The van der Waals surface area contributed by atoms with Gasteiger partial charge < -0.3 is 9.64 Å². The maximum atomic E-state index is 13.3. The summed E-state index contributed by atoms with van der Waals surface area (Å²) >= 11 is 0. The fraction of sp³-hybridized carbons (Fsp3) is 0.227. The van der Waals surface area contributed by atoms with Crippen molar-refractivity contribution in [3.05, 3.63) is 71.3 Å². The Balaban J connectivity index is 1.30. The van der Waals surface area contributed by atoms with Crippen LogP contribution in [0.3, 0.4) is 0 Å². The number of hydrogen-bond acceptors (Lipinski definition) is 6. The molecule has 1 unspecified atom stereocenters. The highest BCUT2D eigenvalue weighted by molar-refractivity contribution is 6.05. The summed E-state index contributed by atoms with van der Waals surface area (Å²) in [5, 5.41) is 10.5. The molecule has 0 saturated carbocycles. The summed E-state index contributed by atoms with van der Waals surface area (Å²) < 4.78 is 20.4. The van der Waals surface area contributed by atoms with Crippen molar-refractivity contribution in [2.75, 3.05) is 0 Å². The lowest BCUT2D eigenvalue weighted by atomic mass is 10.0. The van der Waals surface area contributed by atoms with Crippen LogP contribution in [0.25, 0.3) is 5.69 Å². The predicted octanol–water partition coefficient (Wildman–Crippen LogP) is 1.75. The first-order chi connectivity index (χ1) is 15.5. The molecule has 2 aliphatic heterocycles. The summed E-state index contributed by atoms with van der Waals surface area (Å²) in [4.78, 5) is 37.9. The van der Waals surface area contributed by atoms with Gasteiger partial charge in [0.1, 0.15) is 29.9 Å². The first-order valence-corrected chi connectivity index (χ1v) is 10.1. The summed E-state index contributed by atoms with van der Waals surface area (Å²) in [6.45, 7) is 0.398. The molecule has 10 heteroatoms. The maximum Gasteiger partial charge on any atom is 0.255 e. The molecule has 0 aliphatic carbocycles. The molecule has 0 radical (unpaired) electrons. The van der Waals surface area contributed by atoms with E-state index in [4.69, 9.17) is 4.74 Å². The number of nitrogens with zero attached hydrogens (tertiary/aromatic N) is 4. The molecule has 5 rings (SSSR count). The van der Waals surface area contributed by atoms with Crippen molar-refractivity contribution >= 4 is 17.7 Å². The van der Waals surface area contributed by atoms with Crippen LogP contribution in [-0.4, -0.2) is 43.7 Å². The van der Waals surface area contributed by atoms with Crippen LogP contribution in [0.4, 0.5) is 4.39 Å². The number of carbonyl (C=O) groups is 3. The van der Waals surface area contributed by atoms with Gasteiger partial charge in [-0.25, -0.2) is 9.07 Å². The smallest absolute Gasteiger partial charge is 0.255 e. The Bertz CT molecular complexity index is 1240. The van der Waals surface area contributed by atoms with Gasteiger partial charge in [0.25, 0.3) is 5.91 Å². The summed E-state index contributed by atoms with van der Waals surface area (Å²) in [6, 6.07) is 10.4. The number of rotatable bonds is 5. The summed E-state index contributed by atoms with van der Waals surface area (Å²) in [6.07, 6.45) is 2.21. The normalized spacial score (nSPS) is 18.0. The highest BCUT2D eigenvalue weighted by Gasteiger charge is 2.39. The van der Waals surface area contributed by atoms with Gasteiger partial charge in [0.2, 0.25) is 11.8 Å². The van der Waals surface area contributed by atoms with Crippen molar-refractivity contribution in [1.29, 1.82) is 0 Å². The molecule has 1 N–H and O–H groups in total. The number of aromatic nitrogens is 3. The zero-order valence-electron chi connectivity index (χ0n) is 16.8. The molecule has 9 nitrogen and oxygen atoms in total. The van der Waals surface area contributed by atoms with E-state index in [9.17, 15) is 18.8 Å². The van der Waals surface area contributed by atoms with E-state index in [2.05, 4.69) is 15.6 Å². The molecular weight excluding hydrogens is 417 g/mol. The van der Waals surface area contributed by atoms with E-state index in [1.165, 1.54) is 17.0 Å². The van der Waals surface area contributed by atoms with Gasteiger partial charge in [-0.3, -0.25) is 19.7 Å². The predicted molar refractivity (Wildman–Crippen MR) is 108 cm³/mol. The Labute approximate surface area is 181 Å². The van der Waals surface area contributed by atoms with Gasteiger partial charge in [-0.2, -0.15) is 0 Å². The van der Waals surface area contributed by atoms with E-state index < -0.39 is 11.9 Å². The quantitative estimate of drug-likeness (QED) is 0.612. The average Bonchev–Trinajstić information content (AvgIpc) is 3.37. The number of hydrogen-bond donors (Lipinski definition) is 1. The average molecular weight is 435 g/mol. The van der Waals surface area contributed by atoms with E-state index in [0.29, 0.717) is 29.1 Å². The SMILES string of the molecule is O=C1CCC(N2Cc3cc(-n4cc(COc5cccc(F)c5)nn4)ccc3C2=O)C(=O)N1. The van der Waals surface area contributed by atoms with E-state index in [1.54, 1.807) is 35.1 Å². The fourth-order valence-corrected chi connectivity index (χ4v) is 3.91. The van der Waals surface area contributed by atoms with Crippen LogP contribution >= 0.6 is 0 Å². The highest BCUT2D eigenvalue weighted by atomic mass is 19.1. The Morgan fingerprint density at radius 2 is 2.03 bits per heavy atom. The molecule has 162 valence electrons. The Morgan fingerprint density at radius 1 is 1.16 bits per heavy atom. The van der Waals surface area contributed by atoms with Gasteiger partial charge in [-0.15, -0.1) is 5.10 Å². The highest BCUT2D eigenvalue weighted by Crippen LogP contribution is 2.29. The van der Waals surface area contributed by atoms with Crippen LogP contribution in [0.5, 0.6) is 5.75 Å².